The van der Waals surface area contributed by atoms with Crippen molar-refractivity contribution in [1.29, 1.82) is 0 Å². The molecule has 0 spiro atoms. The Morgan fingerprint density at radius 3 is 3.07 bits per heavy atom. The molecular formula is C9H11N3O2S. The van der Waals surface area contributed by atoms with Crippen molar-refractivity contribution in [1.82, 2.24) is 4.98 Å². The van der Waals surface area contributed by atoms with Crippen molar-refractivity contribution >= 4 is 29.0 Å². The van der Waals surface area contributed by atoms with Crippen LogP contribution in [0.4, 0.5) is 5.82 Å². The fourth-order valence-electron chi connectivity index (χ4n) is 0.915. The Kier molecular flexibility index (Phi) is 3.99. The van der Waals surface area contributed by atoms with Gasteiger partial charge in [0.1, 0.15) is 17.4 Å². The summed E-state index contributed by atoms with van der Waals surface area (Å²) < 4.78 is 4.47. The van der Waals surface area contributed by atoms with Crippen molar-refractivity contribution < 1.29 is 9.53 Å². The number of pyridine rings is 1. The zero-order valence-corrected chi connectivity index (χ0v) is 9.00. The Hall–Kier alpha value is -1.69. The third-order valence-corrected chi connectivity index (χ3v) is 1.92. The first kappa shape index (κ1) is 11.4. The molecule has 1 aromatic heterocycles. The van der Waals surface area contributed by atoms with Crippen LogP contribution in [0, 0.1) is 0 Å². The average molecular weight is 225 g/mol. The number of anilines is 1. The SMILES string of the molecule is COC(=O)CNc1cc(C(N)=S)ccn1. The van der Waals surface area contributed by atoms with Crippen LogP contribution in [0.15, 0.2) is 18.3 Å². The molecule has 0 unspecified atom stereocenters. The van der Waals surface area contributed by atoms with Crippen molar-refractivity contribution in [2.45, 2.75) is 0 Å². The number of esters is 1. The van der Waals surface area contributed by atoms with E-state index in [9.17, 15) is 4.79 Å². The Morgan fingerprint density at radius 2 is 2.47 bits per heavy atom. The van der Waals surface area contributed by atoms with Gasteiger partial charge in [0.15, 0.2) is 0 Å². The number of carbonyl (C=O) groups excluding carboxylic acids is 1. The van der Waals surface area contributed by atoms with E-state index in [0.717, 1.165) is 0 Å². The fourth-order valence-corrected chi connectivity index (χ4v) is 1.04. The van der Waals surface area contributed by atoms with Crippen LogP contribution in [0.3, 0.4) is 0 Å². The largest absolute Gasteiger partial charge is 0.468 e. The third-order valence-electron chi connectivity index (χ3n) is 1.69. The van der Waals surface area contributed by atoms with Gasteiger partial charge in [-0.05, 0) is 12.1 Å². The molecule has 0 bridgehead atoms. The first-order chi connectivity index (χ1) is 7.13. The number of aromatic nitrogens is 1. The van der Waals surface area contributed by atoms with E-state index in [0.29, 0.717) is 16.4 Å². The molecule has 80 valence electrons. The van der Waals surface area contributed by atoms with Crippen LogP contribution in [-0.2, 0) is 9.53 Å². The lowest BCUT2D eigenvalue weighted by molar-refractivity contribution is -0.138. The highest BCUT2D eigenvalue weighted by molar-refractivity contribution is 7.80. The topological polar surface area (TPSA) is 77.2 Å². The quantitative estimate of drug-likeness (QED) is 0.567. The predicted octanol–water partition coefficient (Wildman–Crippen LogP) is 0.301. The number of hydrogen-bond donors (Lipinski definition) is 2. The summed E-state index contributed by atoms with van der Waals surface area (Å²) in [4.78, 5) is 15.1. The van der Waals surface area contributed by atoms with Gasteiger partial charge in [0.2, 0.25) is 0 Å². The molecule has 0 saturated heterocycles. The standard InChI is InChI=1S/C9H11N3O2S/c1-14-8(13)5-12-7-4-6(9(10)15)2-3-11-7/h2-4H,5H2,1H3,(H2,10,15)(H,11,12). The lowest BCUT2D eigenvalue weighted by Crippen LogP contribution is -2.16. The van der Waals surface area contributed by atoms with Crippen LogP contribution in [0.2, 0.25) is 0 Å². The molecule has 6 heteroatoms. The van der Waals surface area contributed by atoms with Crippen molar-refractivity contribution in [3.05, 3.63) is 23.9 Å². The van der Waals surface area contributed by atoms with Crippen LogP contribution < -0.4 is 11.1 Å². The van der Waals surface area contributed by atoms with Gasteiger partial charge in [-0.2, -0.15) is 0 Å². The van der Waals surface area contributed by atoms with E-state index in [1.807, 2.05) is 0 Å². The van der Waals surface area contributed by atoms with Crippen molar-refractivity contribution in [2.75, 3.05) is 19.0 Å². The molecule has 1 aromatic rings. The maximum absolute atomic E-state index is 10.8. The summed E-state index contributed by atoms with van der Waals surface area (Å²) in [6, 6.07) is 3.37. The van der Waals surface area contributed by atoms with Gasteiger partial charge >= 0.3 is 5.97 Å². The molecule has 0 amide bonds. The lowest BCUT2D eigenvalue weighted by atomic mass is 10.2. The number of methoxy groups -OCH3 is 1. The molecule has 0 radical (unpaired) electrons. The first-order valence-electron chi connectivity index (χ1n) is 4.20. The molecule has 0 atom stereocenters. The number of nitrogens with one attached hydrogen (secondary N) is 1. The van der Waals surface area contributed by atoms with Gasteiger partial charge in [-0.3, -0.25) is 4.79 Å². The van der Waals surface area contributed by atoms with Crippen LogP contribution in [0.25, 0.3) is 0 Å². The van der Waals surface area contributed by atoms with Crippen molar-refractivity contribution in [3.8, 4) is 0 Å². The Labute approximate surface area is 92.6 Å². The highest BCUT2D eigenvalue weighted by atomic mass is 32.1. The van der Waals surface area contributed by atoms with Gasteiger partial charge in [-0.15, -0.1) is 0 Å². The van der Waals surface area contributed by atoms with E-state index in [4.69, 9.17) is 18.0 Å². The number of hydrogen-bond acceptors (Lipinski definition) is 5. The highest BCUT2D eigenvalue weighted by Gasteiger charge is 2.02. The van der Waals surface area contributed by atoms with E-state index in [1.165, 1.54) is 7.11 Å². The van der Waals surface area contributed by atoms with Crippen LogP contribution in [0.5, 0.6) is 0 Å². The van der Waals surface area contributed by atoms with E-state index in [2.05, 4.69) is 15.0 Å². The first-order valence-corrected chi connectivity index (χ1v) is 4.61. The third kappa shape index (κ3) is 3.51. The number of carbonyl (C=O) groups is 1. The summed E-state index contributed by atoms with van der Waals surface area (Å²) in [6.07, 6.45) is 1.56. The molecule has 0 saturated carbocycles. The minimum Gasteiger partial charge on any atom is -0.468 e. The van der Waals surface area contributed by atoms with Crippen molar-refractivity contribution in [3.63, 3.8) is 0 Å². The number of thiocarbonyl (C=S) groups is 1. The molecule has 3 N–H and O–H groups in total. The number of ether oxygens (including phenoxy) is 1. The summed E-state index contributed by atoms with van der Waals surface area (Å²) in [7, 11) is 1.32. The smallest absolute Gasteiger partial charge is 0.325 e. The Morgan fingerprint density at radius 1 is 1.73 bits per heavy atom. The second-order valence-corrected chi connectivity index (χ2v) is 3.16. The number of nitrogens with two attached hydrogens (primary N) is 1. The predicted molar refractivity (Wildman–Crippen MR) is 60.6 cm³/mol. The molecule has 0 aromatic carbocycles. The van der Waals surface area contributed by atoms with Crippen LogP contribution >= 0.6 is 12.2 Å². The van der Waals surface area contributed by atoms with Crippen LogP contribution in [0.1, 0.15) is 5.56 Å². The highest BCUT2D eigenvalue weighted by Crippen LogP contribution is 2.06. The maximum Gasteiger partial charge on any atom is 0.325 e. The van der Waals surface area contributed by atoms with E-state index in [1.54, 1.807) is 18.3 Å². The molecule has 0 aliphatic carbocycles. The summed E-state index contributed by atoms with van der Waals surface area (Å²) in [5, 5.41) is 2.79. The summed E-state index contributed by atoms with van der Waals surface area (Å²) >= 11 is 4.81. The summed E-state index contributed by atoms with van der Waals surface area (Å²) in [5.41, 5.74) is 6.15. The Balaban J connectivity index is 2.66. The number of rotatable bonds is 4. The summed E-state index contributed by atoms with van der Waals surface area (Å²) in [6.45, 7) is 0.0598. The molecule has 0 aliphatic rings. The second kappa shape index (κ2) is 5.26. The minimum atomic E-state index is -0.363. The van der Waals surface area contributed by atoms with Gasteiger partial charge in [0.25, 0.3) is 0 Å². The second-order valence-electron chi connectivity index (χ2n) is 2.72. The van der Waals surface area contributed by atoms with Gasteiger partial charge in [0.05, 0.1) is 7.11 Å². The Bertz CT molecular complexity index is 381. The molecule has 1 heterocycles. The van der Waals surface area contributed by atoms with Crippen LogP contribution in [-0.4, -0.2) is 29.6 Å². The lowest BCUT2D eigenvalue weighted by Gasteiger charge is -2.05. The molecule has 5 nitrogen and oxygen atoms in total. The van der Waals surface area contributed by atoms with E-state index < -0.39 is 0 Å². The zero-order chi connectivity index (χ0) is 11.3. The van der Waals surface area contributed by atoms with Gasteiger partial charge in [0, 0.05) is 11.8 Å². The van der Waals surface area contributed by atoms with Crippen molar-refractivity contribution in [2.24, 2.45) is 5.73 Å². The zero-order valence-electron chi connectivity index (χ0n) is 8.19. The van der Waals surface area contributed by atoms with E-state index in [-0.39, 0.29) is 12.5 Å². The monoisotopic (exact) mass is 225 g/mol. The minimum absolute atomic E-state index is 0.0598. The van der Waals surface area contributed by atoms with E-state index >= 15 is 0 Å². The molecule has 0 fully saturated rings. The molecule has 1 rings (SSSR count). The number of nitrogens with zero attached hydrogens (tertiary/aromatic N) is 1. The van der Waals surface area contributed by atoms with Gasteiger partial charge < -0.3 is 15.8 Å². The molecular weight excluding hydrogens is 214 g/mol. The molecule has 15 heavy (non-hydrogen) atoms. The normalized spacial score (nSPS) is 9.40. The summed E-state index contributed by atoms with van der Waals surface area (Å²) in [5.74, 6) is 0.170. The fraction of sp³-hybridized carbons (Fsp3) is 0.222. The van der Waals surface area contributed by atoms with Gasteiger partial charge in [-0.25, -0.2) is 4.98 Å². The van der Waals surface area contributed by atoms with Gasteiger partial charge in [-0.1, -0.05) is 12.2 Å². The maximum atomic E-state index is 10.8. The molecule has 0 aliphatic heterocycles. The average Bonchev–Trinajstić information content (AvgIpc) is 2.26.